The summed E-state index contributed by atoms with van der Waals surface area (Å²) in [5.41, 5.74) is -1.05. The number of unbranched alkanes of at least 4 members (excludes halogenated alkanes) is 2. The van der Waals surface area contributed by atoms with Crippen molar-refractivity contribution in [3.63, 3.8) is 0 Å². The number of nitrogens with zero attached hydrogens (tertiary/aromatic N) is 1. The highest BCUT2D eigenvalue weighted by Gasteiger charge is 2.43. The molecule has 1 aromatic carbocycles. The lowest BCUT2D eigenvalue weighted by molar-refractivity contribution is -0.138. The van der Waals surface area contributed by atoms with Gasteiger partial charge in [0, 0.05) is 37.1 Å². The van der Waals surface area contributed by atoms with Crippen LogP contribution in [0.3, 0.4) is 0 Å². The quantitative estimate of drug-likeness (QED) is 0.163. The molecule has 1 saturated heterocycles. The summed E-state index contributed by atoms with van der Waals surface area (Å²) in [6.07, 6.45) is 13.7. The molecule has 4 nitrogen and oxygen atoms in total. The number of rotatable bonds is 14. The van der Waals surface area contributed by atoms with Crippen molar-refractivity contribution in [3.8, 4) is 0 Å². The molecule has 3 rings (SSSR count). The van der Waals surface area contributed by atoms with Gasteiger partial charge >= 0.3 is 0 Å². The van der Waals surface area contributed by atoms with Crippen molar-refractivity contribution in [2.75, 3.05) is 13.1 Å². The van der Waals surface area contributed by atoms with Crippen LogP contribution in [0.4, 0.5) is 4.39 Å². The second kappa shape index (κ2) is 16.0. The monoisotopic (exact) mass is 637 g/mol. The predicted molar refractivity (Wildman–Crippen MR) is 180 cm³/mol. The summed E-state index contributed by atoms with van der Waals surface area (Å²) in [6, 6.07) is 4.93. The summed E-state index contributed by atoms with van der Waals surface area (Å²) >= 11 is 6.16. The Morgan fingerprint density at radius 2 is 1.81 bits per heavy atom. The van der Waals surface area contributed by atoms with Crippen LogP contribution in [0.1, 0.15) is 130 Å². The zero-order chi connectivity index (χ0) is 31.8. The minimum atomic E-state index is -1.75. The number of carbonyl (C=O) groups is 1. The van der Waals surface area contributed by atoms with Gasteiger partial charge in [0.15, 0.2) is 8.32 Å². The molecule has 0 radical (unpaired) electrons. The Balaban J connectivity index is 1.63. The molecule has 1 amide bonds. The Labute approximate surface area is 268 Å². The van der Waals surface area contributed by atoms with Crippen LogP contribution in [0, 0.1) is 23.6 Å². The summed E-state index contributed by atoms with van der Waals surface area (Å²) in [7, 11) is -1.75. The lowest BCUT2D eigenvalue weighted by Gasteiger charge is -2.43. The number of carbonyl (C=O) groups excluding carboxylic acids is 1. The molecular weight excluding hydrogens is 577 g/mol. The van der Waals surface area contributed by atoms with Gasteiger partial charge in [0.1, 0.15) is 5.82 Å². The molecule has 0 unspecified atom stereocenters. The maximum atomic E-state index is 15.3. The van der Waals surface area contributed by atoms with Crippen molar-refractivity contribution in [1.82, 2.24) is 4.90 Å². The molecule has 2 fully saturated rings. The fourth-order valence-electron chi connectivity index (χ4n) is 7.27. The highest BCUT2D eigenvalue weighted by molar-refractivity contribution is 6.74. The number of halogens is 2. The molecule has 43 heavy (non-hydrogen) atoms. The zero-order valence-electron chi connectivity index (χ0n) is 28.3. The Morgan fingerprint density at radius 1 is 1.12 bits per heavy atom. The second-order valence-electron chi connectivity index (χ2n) is 15.3. The first-order valence-electron chi connectivity index (χ1n) is 17.3. The van der Waals surface area contributed by atoms with Gasteiger partial charge in [0.2, 0.25) is 5.91 Å². The molecule has 1 aliphatic carbocycles. The van der Waals surface area contributed by atoms with Crippen LogP contribution in [0.15, 0.2) is 18.2 Å². The van der Waals surface area contributed by atoms with Crippen LogP contribution < -0.4 is 0 Å². The van der Waals surface area contributed by atoms with E-state index in [-0.39, 0.29) is 27.4 Å². The fourth-order valence-corrected chi connectivity index (χ4v) is 8.87. The van der Waals surface area contributed by atoms with Gasteiger partial charge in [-0.05, 0) is 87.4 Å². The first kappa shape index (κ1) is 36.5. The van der Waals surface area contributed by atoms with Crippen molar-refractivity contribution in [1.29, 1.82) is 0 Å². The average molecular weight is 638 g/mol. The Hall–Kier alpha value is -0.953. The number of amides is 1. The third-order valence-electron chi connectivity index (χ3n) is 10.9. The van der Waals surface area contributed by atoms with Crippen LogP contribution in [0.5, 0.6) is 0 Å². The molecule has 3 atom stereocenters. The van der Waals surface area contributed by atoms with Gasteiger partial charge in [-0.1, -0.05) is 90.5 Å². The molecule has 1 aliphatic heterocycles. The van der Waals surface area contributed by atoms with E-state index in [0.29, 0.717) is 43.9 Å². The topological polar surface area (TPSA) is 49.8 Å². The maximum absolute atomic E-state index is 15.3. The van der Waals surface area contributed by atoms with Gasteiger partial charge in [-0.2, -0.15) is 0 Å². The number of piperidine rings is 1. The second-order valence-corrected chi connectivity index (χ2v) is 20.4. The number of likely N-dealkylation sites (tertiary alicyclic amines) is 1. The first-order chi connectivity index (χ1) is 20.2. The number of benzene rings is 1. The van der Waals surface area contributed by atoms with Gasteiger partial charge in [0.05, 0.1) is 10.6 Å². The van der Waals surface area contributed by atoms with Crippen molar-refractivity contribution >= 4 is 25.8 Å². The summed E-state index contributed by atoms with van der Waals surface area (Å²) in [6.45, 7) is 17.2. The number of aliphatic hydroxyl groups is 1. The third-order valence-corrected chi connectivity index (χ3v) is 15.7. The van der Waals surface area contributed by atoms with E-state index in [2.05, 4.69) is 47.7 Å². The molecule has 246 valence electrons. The zero-order valence-corrected chi connectivity index (χ0v) is 30.1. The molecule has 0 spiro atoms. The van der Waals surface area contributed by atoms with Gasteiger partial charge < -0.3 is 14.4 Å². The van der Waals surface area contributed by atoms with E-state index in [0.717, 1.165) is 64.2 Å². The third kappa shape index (κ3) is 9.77. The SMILES string of the molecule is CCCCC[C@@](O)(c1cccc(Cl)c1F)[C@@H]1CCCN(C(=O)C[C@H](CCC)CC2CCC(O[Si](C)(C)C(C)(C)C)CC2)C1. The predicted octanol–water partition coefficient (Wildman–Crippen LogP) is 10.3. The standard InChI is InChI=1S/C36H61ClFNO3Si/c1-8-10-11-22-36(41,31-16-12-17-32(37)34(31)38)29-15-13-23-39(26-29)33(40)25-28(14-9-2)24-27-18-20-30(21-19-27)42-43(6,7)35(3,4)5/h12,16-17,27-30,41H,8-11,13-15,18-26H2,1-7H3/t27?,28-,29-,30?,36+/m1/s1. The molecule has 0 bridgehead atoms. The van der Waals surface area contributed by atoms with Gasteiger partial charge in [-0.3, -0.25) is 4.79 Å². The smallest absolute Gasteiger partial charge is 0.222 e. The van der Waals surface area contributed by atoms with Crippen molar-refractivity contribution in [2.24, 2.45) is 17.8 Å². The molecule has 2 aliphatic rings. The van der Waals surface area contributed by atoms with Crippen LogP contribution in [-0.2, 0) is 14.8 Å². The Morgan fingerprint density at radius 3 is 2.44 bits per heavy atom. The van der Waals surface area contributed by atoms with Gasteiger partial charge in [-0.15, -0.1) is 0 Å². The largest absolute Gasteiger partial charge is 0.414 e. The van der Waals surface area contributed by atoms with E-state index in [9.17, 15) is 9.90 Å². The maximum Gasteiger partial charge on any atom is 0.222 e. The molecule has 1 aromatic rings. The molecule has 1 saturated carbocycles. The summed E-state index contributed by atoms with van der Waals surface area (Å²) in [5, 5.41) is 12.4. The van der Waals surface area contributed by atoms with E-state index >= 15 is 4.39 Å². The van der Waals surface area contributed by atoms with E-state index in [1.807, 2.05) is 4.90 Å². The molecule has 1 heterocycles. The molecule has 1 N–H and O–H groups in total. The fraction of sp³-hybridized carbons (Fsp3) is 0.806. The van der Waals surface area contributed by atoms with Crippen LogP contribution in [0.2, 0.25) is 23.2 Å². The van der Waals surface area contributed by atoms with Crippen LogP contribution in [0.25, 0.3) is 0 Å². The Kier molecular flexibility index (Phi) is 13.6. The summed E-state index contributed by atoms with van der Waals surface area (Å²) in [5.74, 6) is 0.497. The summed E-state index contributed by atoms with van der Waals surface area (Å²) in [4.78, 5) is 15.7. The molecular formula is C36H61ClFNO3Si. The average Bonchev–Trinajstić information content (AvgIpc) is 2.95. The van der Waals surface area contributed by atoms with Crippen LogP contribution >= 0.6 is 11.6 Å². The lowest BCUT2D eigenvalue weighted by atomic mass is 9.73. The van der Waals surface area contributed by atoms with E-state index in [4.69, 9.17) is 16.0 Å². The van der Waals surface area contributed by atoms with Crippen LogP contribution in [-0.4, -0.2) is 43.4 Å². The normalized spacial score (nSPS) is 24.0. The van der Waals surface area contributed by atoms with E-state index in [1.165, 1.54) is 18.9 Å². The molecule has 7 heteroatoms. The molecule has 0 aromatic heterocycles. The summed E-state index contributed by atoms with van der Waals surface area (Å²) < 4.78 is 22.0. The van der Waals surface area contributed by atoms with Gasteiger partial charge in [0.25, 0.3) is 0 Å². The number of hydrogen-bond acceptors (Lipinski definition) is 3. The minimum Gasteiger partial charge on any atom is -0.414 e. The highest BCUT2D eigenvalue weighted by atomic mass is 35.5. The van der Waals surface area contributed by atoms with Crippen molar-refractivity contribution < 1.29 is 18.7 Å². The van der Waals surface area contributed by atoms with Crippen molar-refractivity contribution in [3.05, 3.63) is 34.6 Å². The Bertz CT molecular complexity index is 1020. The van der Waals surface area contributed by atoms with Gasteiger partial charge in [-0.25, -0.2) is 4.39 Å². The minimum absolute atomic E-state index is 0.0400. The first-order valence-corrected chi connectivity index (χ1v) is 20.6. The number of hydrogen-bond donors (Lipinski definition) is 1. The highest BCUT2D eigenvalue weighted by Crippen LogP contribution is 2.43. The van der Waals surface area contributed by atoms with E-state index in [1.54, 1.807) is 12.1 Å². The van der Waals surface area contributed by atoms with E-state index < -0.39 is 19.7 Å². The lowest BCUT2D eigenvalue weighted by Crippen LogP contribution is -2.48. The van der Waals surface area contributed by atoms with Crippen molar-refractivity contribution in [2.45, 2.75) is 154 Å².